The summed E-state index contributed by atoms with van der Waals surface area (Å²) in [6.45, 7) is 2.00. The van der Waals surface area contributed by atoms with Crippen molar-refractivity contribution in [1.29, 1.82) is 0 Å². The molecule has 0 aliphatic carbocycles. The fraction of sp³-hybridized carbons (Fsp3) is 1.00. The molecule has 0 aromatic heterocycles. The standard InChI is InChI=1S/C2H4O.K.Mn.4O/c1-2-3-1;;;;;;/h1-2H2;;;;;;/q;+1;;;;;-1. The van der Waals surface area contributed by atoms with Gasteiger partial charge in [-0.2, -0.15) is 0 Å². The van der Waals surface area contributed by atoms with Crippen LogP contribution in [0.1, 0.15) is 0 Å². The number of rotatable bonds is 0. The molecule has 0 aromatic carbocycles. The molecule has 1 aliphatic rings. The van der Waals surface area contributed by atoms with E-state index in [4.69, 9.17) is 15.7 Å². The first-order chi connectivity index (χ1) is 3.50. The van der Waals surface area contributed by atoms with Crippen LogP contribution in [0.2, 0.25) is 0 Å². The second-order valence-electron chi connectivity index (χ2n) is 0.990. The Balaban J connectivity index is 0. The average molecular weight is 202 g/mol. The summed E-state index contributed by atoms with van der Waals surface area (Å²) in [6, 6.07) is 0. The molecular formula is C2H4KMnO5. The van der Waals surface area contributed by atoms with E-state index in [0.717, 1.165) is 13.2 Å². The zero-order chi connectivity index (χ0) is 6.62. The molecule has 5 nitrogen and oxygen atoms in total. The summed E-state index contributed by atoms with van der Waals surface area (Å²) in [5.41, 5.74) is 0. The van der Waals surface area contributed by atoms with Gasteiger partial charge in [-0.1, -0.05) is 0 Å². The van der Waals surface area contributed by atoms with Gasteiger partial charge in [0.25, 0.3) is 0 Å². The quantitative estimate of drug-likeness (QED) is 0.291. The van der Waals surface area contributed by atoms with Crippen LogP contribution in [0.25, 0.3) is 0 Å². The first-order valence-corrected chi connectivity index (χ1v) is 3.62. The monoisotopic (exact) mass is 202 g/mol. The zero-order valence-electron chi connectivity index (χ0n) is 4.83. The van der Waals surface area contributed by atoms with Crippen LogP contribution in [0.4, 0.5) is 0 Å². The van der Waals surface area contributed by atoms with Gasteiger partial charge in [0.1, 0.15) is 0 Å². The molecule has 50 valence electrons. The molecule has 1 heterocycles. The molecule has 0 aromatic rings. The van der Waals surface area contributed by atoms with Gasteiger partial charge in [-0.3, -0.25) is 0 Å². The molecule has 9 heavy (non-hydrogen) atoms. The molecule has 0 amide bonds. The fourth-order valence-electron chi connectivity index (χ4n) is 0. The third-order valence-electron chi connectivity index (χ3n) is 0.204. The summed E-state index contributed by atoms with van der Waals surface area (Å²) in [5.74, 6) is 0. The van der Waals surface area contributed by atoms with Crippen LogP contribution in [0.3, 0.4) is 0 Å². The van der Waals surface area contributed by atoms with Crippen LogP contribution in [0.5, 0.6) is 0 Å². The summed E-state index contributed by atoms with van der Waals surface area (Å²) < 4.78 is 38.8. The Labute approximate surface area is 96.3 Å². The molecule has 0 spiro atoms. The van der Waals surface area contributed by atoms with E-state index in [-0.39, 0.29) is 51.4 Å². The molecule has 0 atom stereocenters. The predicted octanol–water partition coefficient (Wildman–Crippen LogP) is -4.53. The van der Waals surface area contributed by atoms with Crippen molar-refractivity contribution in [2.75, 3.05) is 13.2 Å². The van der Waals surface area contributed by atoms with E-state index < -0.39 is 13.0 Å². The van der Waals surface area contributed by atoms with Crippen molar-refractivity contribution in [1.82, 2.24) is 0 Å². The van der Waals surface area contributed by atoms with Crippen molar-refractivity contribution in [3.05, 3.63) is 0 Å². The average Bonchev–Trinajstić information content (AvgIpc) is 1.95. The Hall–Kier alpha value is 1.48. The molecule has 0 unspecified atom stereocenters. The first-order valence-electron chi connectivity index (χ1n) is 1.69. The number of hydrogen-bond acceptors (Lipinski definition) is 5. The van der Waals surface area contributed by atoms with Crippen LogP contribution in [-0.4, -0.2) is 13.2 Å². The summed E-state index contributed by atoms with van der Waals surface area (Å²) in [7, 11) is 0. The summed E-state index contributed by atoms with van der Waals surface area (Å²) in [6.07, 6.45) is 0. The van der Waals surface area contributed by atoms with E-state index in [1.165, 1.54) is 0 Å². The van der Waals surface area contributed by atoms with E-state index >= 15 is 0 Å². The van der Waals surface area contributed by atoms with Crippen LogP contribution >= 0.6 is 0 Å². The molecule has 0 saturated carbocycles. The van der Waals surface area contributed by atoms with E-state index in [0.29, 0.717) is 0 Å². The zero-order valence-corrected chi connectivity index (χ0v) is 9.14. The molecule has 7 heteroatoms. The van der Waals surface area contributed by atoms with E-state index in [1.54, 1.807) is 0 Å². The topological polar surface area (TPSA) is 86.8 Å². The Morgan fingerprint density at radius 3 is 1.33 bits per heavy atom. The van der Waals surface area contributed by atoms with Gasteiger partial charge in [-0.05, 0) is 0 Å². The van der Waals surface area contributed by atoms with Crippen molar-refractivity contribution in [3.63, 3.8) is 0 Å². The predicted molar refractivity (Wildman–Crippen MR) is 12.9 cm³/mol. The van der Waals surface area contributed by atoms with E-state index in [2.05, 4.69) is 4.74 Å². The Bertz CT molecular complexity index is 167. The molecule has 1 fully saturated rings. The number of epoxide rings is 1. The van der Waals surface area contributed by atoms with Gasteiger partial charge in [0.05, 0.1) is 13.2 Å². The maximum atomic E-state index is 8.58. The van der Waals surface area contributed by atoms with Crippen molar-refractivity contribution < 1.29 is 84.8 Å². The van der Waals surface area contributed by atoms with Gasteiger partial charge < -0.3 is 4.74 Å². The van der Waals surface area contributed by atoms with Gasteiger partial charge in [0, 0.05) is 0 Å². The SMILES string of the molecule is C1CO1.[K+].[O]=[Mn](=[O])(=[O])[O-]. The fourth-order valence-corrected chi connectivity index (χ4v) is 0. The van der Waals surface area contributed by atoms with Crippen LogP contribution < -0.4 is 55.6 Å². The van der Waals surface area contributed by atoms with Gasteiger partial charge in [-0.15, -0.1) is 0 Å². The number of ether oxygens (including phenoxy) is 1. The van der Waals surface area contributed by atoms with Crippen LogP contribution in [0.15, 0.2) is 0 Å². The third-order valence-corrected chi connectivity index (χ3v) is 0.204. The van der Waals surface area contributed by atoms with Crippen molar-refractivity contribution >= 4 is 0 Å². The van der Waals surface area contributed by atoms with E-state index in [1.807, 2.05) is 0 Å². The van der Waals surface area contributed by atoms with Crippen molar-refractivity contribution in [2.24, 2.45) is 0 Å². The second kappa shape index (κ2) is 6.20. The Morgan fingerprint density at radius 2 is 1.33 bits per heavy atom. The maximum absolute atomic E-state index is 8.58. The minimum atomic E-state index is -5.62. The Morgan fingerprint density at radius 1 is 1.22 bits per heavy atom. The molecule has 1 saturated heterocycles. The summed E-state index contributed by atoms with van der Waals surface area (Å²) in [5, 5.41) is 0. The van der Waals surface area contributed by atoms with E-state index in [9.17, 15) is 0 Å². The molecule has 0 radical (unpaired) electrons. The van der Waals surface area contributed by atoms with Crippen LogP contribution in [-0.2, 0) is 29.2 Å². The van der Waals surface area contributed by atoms with Gasteiger partial charge >= 0.3 is 80.0 Å². The molecule has 1 rings (SSSR count). The van der Waals surface area contributed by atoms with Gasteiger partial charge in [-0.25, -0.2) is 0 Å². The second-order valence-corrected chi connectivity index (χ2v) is 2.17. The van der Waals surface area contributed by atoms with Gasteiger partial charge in [0.15, 0.2) is 0 Å². The summed E-state index contributed by atoms with van der Waals surface area (Å²) >= 11 is -5.62. The molecule has 1 aliphatic heterocycles. The first kappa shape index (κ1) is 13.1. The van der Waals surface area contributed by atoms with Crippen molar-refractivity contribution in [2.45, 2.75) is 0 Å². The minimum absolute atomic E-state index is 0. The van der Waals surface area contributed by atoms with Gasteiger partial charge in [0.2, 0.25) is 0 Å². The molecule has 0 bridgehead atoms. The summed E-state index contributed by atoms with van der Waals surface area (Å²) in [4.78, 5) is 0. The molecular weight excluding hydrogens is 198 g/mol. The number of hydrogen-bond donors (Lipinski definition) is 0. The molecule has 0 N–H and O–H groups in total. The Kier molecular flexibility index (Phi) is 9.02. The van der Waals surface area contributed by atoms with Crippen molar-refractivity contribution in [3.8, 4) is 0 Å². The van der Waals surface area contributed by atoms with Crippen LogP contribution in [0, 0.1) is 0 Å². The third kappa shape index (κ3) is 86.4. The normalized spacial score (nSPS) is 14.3.